The van der Waals surface area contributed by atoms with E-state index in [9.17, 15) is 9.59 Å². The number of benzene rings is 2. The molecule has 2 aromatic carbocycles. The maximum absolute atomic E-state index is 11.6. The number of rotatable bonds is 2. The van der Waals surface area contributed by atoms with E-state index in [4.69, 9.17) is 11.5 Å². The fraction of sp³-hybridized carbons (Fsp3) is 0.200. The number of carbonyl (C=O) groups excluding carboxylic acids is 2. The third-order valence-electron chi connectivity index (χ3n) is 4.00. The second kappa shape index (κ2) is 3.82. The van der Waals surface area contributed by atoms with Gasteiger partial charge in [-0.05, 0) is 34.7 Å². The summed E-state index contributed by atoms with van der Waals surface area (Å²) >= 11 is 0. The van der Waals surface area contributed by atoms with E-state index in [2.05, 4.69) is 0 Å². The smallest absolute Gasteiger partial charge is 0.233 e. The highest BCUT2D eigenvalue weighted by molar-refractivity contribution is 6.05. The molecule has 4 heteroatoms. The van der Waals surface area contributed by atoms with Gasteiger partial charge in [-0.15, -0.1) is 0 Å². The molecule has 0 fully saturated rings. The normalized spacial score (nSPS) is 16.2. The molecule has 0 spiro atoms. The summed E-state index contributed by atoms with van der Waals surface area (Å²) < 4.78 is 0. The number of nitrogens with two attached hydrogens (primary N) is 2. The van der Waals surface area contributed by atoms with Crippen LogP contribution in [0.15, 0.2) is 36.4 Å². The Hall–Kier alpha value is -2.36. The molecule has 1 aliphatic rings. The molecule has 1 aliphatic carbocycles. The molecule has 0 heterocycles. The van der Waals surface area contributed by atoms with Crippen molar-refractivity contribution in [1.82, 2.24) is 0 Å². The Labute approximate surface area is 110 Å². The number of amides is 2. The number of carbonyl (C=O) groups is 2. The molecule has 0 aromatic heterocycles. The molecule has 0 atom stereocenters. The Bertz CT molecular complexity index is 646. The zero-order valence-electron chi connectivity index (χ0n) is 10.3. The quantitative estimate of drug-likeness (QED) is 0.780. The molecular formula is C15H14N2O2. The van der Waals surface area contributed by atoms with Crippen molar-refractivity contribution in [2.24, 2.45) is 16.9 Å². The molecule has 2 amide bonds. The molecular weight excluding hydrogens is 240 g/mol. The number of hydrogen-bond donors (Lipinski definition) is 2. The van der Waals surface area contributed by atoms with Crippen LogP contribution >= 0.6 is 0 Å². The summed E-state index contributed by atoms with van der Waals surface area (Å²) in [7, 11) is 0. The van der Waals surface area contributed by atoms with Gasteiger partial charge in [0.1, 0.15) is 5.41 Å². The van der Waals surface area contributed by atoms with E-state index < -0.39 is 17.2 Å². The van der Waals surface area contributed by atoms with Gasteiger partial charge in [0.25, 0.3) is 0 Å². The highest BCUT2D eigenvalue weighted by atomic mass is 16.2. The van der Waals surface area contributed by atoms with E-state index in [0.29, 0.717) is 12.8 Å². The molecule has 0 saturated heterocycles. The third kappa shape index (κ3) is 1.60. The predicted molar refractivity (Wildman–Crippen MR) is 72.2 cm³/mol. The van der Waals surface area contributed by atoms with Gasteiger partial charge in [0, 0.05) is 0 Å². The van der Waals surface area contributed by atoms with Crippen molar-refractivity contribution in [2.45, 2.75) is 12.8 Å². The molecule has 3 rings (SSSR count). The van der Waals surface area contributed by atoms with Crippen molar-refractivity contribution in [3.05, 3.63) is 47.5 Å². The first-order valence-electron chi connectivity index (χ1n) is 6.13. The van der Waals surface area contributed by atoms with Crippen LogP contribution in [0.1, 0.15) is 11.1 Å². The Morgan fingerprint density at radius 2 is 1.32 bits per heavy atom. The second-order valence-corrected chi connectivity index (χ2v) is 5.13. The van der Waals surface area contributed by atoms with Gasteiger partial charge < -0.3 is 11.5 Å². The lowest BCUT2D eigenvalue weighted by atomic mass is 9.83. The van der Waals surface area contributed by atoms with E-state index in [-0.39, 0.29) is 0 Å². The molecule has 19 heavy (non-hydrogen) atoms. The summed E-state index contributed by atoms with van der Waals surface area (Å²) in [6, 6.07) is 11.9. The van der Waals surface area contributed by atoms with Crippen molar-refractivity contribution in [1.29, 1.82) is 0 Å². The average molecular weight is 254 g/mol. The first-order chi connectivity index (χ1) is 9.03. The molecule has 96 valence electrons. The molecule has 0 radical (unpaired) electrons. The molecule has 4 N–H and O–H groups in total. The molecule has 0 saturated carbocycles. The third-order valence-corrected chi connectivity index (χ3v) is 4.00. The number of primary amides is 2. The van der Waals surface area contributed by atoms with Crippen LogP contribution in [-0.2, 0) is 22.4 Å². The Kier molecular flexibility index (Phi) is 2.35. The minimum Gasteiger partial charge on any atom is -0.369 e. The van der Waals surface area contributed by atoms with Gasteiger partial charge in [-0.1, -0.05) is 36.4 Å². The van der Waals surface area contributed by atoms with E-state index in [0.717, 1.165) is 21.9 Å². The van der Waals surface area contributed by atoms with Gasteiger partial charge in [0.05, 0.1) is 0 Å². The van der Waals surface area contributed by atoms with Crippen molar-refractivity contribution in [3.63, 3.8) is 0 Å². The Balaban J connectivity index is 2.16. The van der Waals surface area contributed by atoms with Gasteiger partial charge >= 0.3 is 0 Å². The van der Waals surface area contributed by atoms with Gasteiger partial charge in [-0.3, -0.25) is 9.59 Å². The molecule has 2 aromatic rings. The van der Waals surface area contributed by atoms with Crippen LogP contribution in [0.25, 0.3) is 10.8 Å². The SMILES string of the molecule is NC(=O)C1(C(N)=O)Cc2cc3ccccc3cc2C1. The molecule has 0 unspecified atom stereocenters. The van der Waals surface area contributed by atoms with E-state index >= 15 is 0 Å². The second-order valence-electron chi connectivity index (χ2n) is 5.13. The summed E-state index contributed by atoms with van der Waals surface area (Å²) in [6.45, 7) is 0. The van der Waals surface area contributed by atoms with Gasteiger partial charge in [-0.2, -0.15) is 0 Å². The van der Waals surface area contributed by atoms with E-state index in [1.54, 1.807) is 0 Å². The zero-order valence-corrected chi connectivity index (χ0v) is 10.3. The highest BCUT2D eigenvalue weighted by Gasteiger charge is 2.47. The van der Waals surface area contributed by atoms with Crippen LogP contribution in [0.5, 0.6) is 0 Å². The number of fused-ring (bicyclic) bond motifs is 2. The van der Waals surface area contributed by atoms with Gasteiger partial charge in [0.15, 0.2) is 0 Å². The minimum absolute atomic E-state index is 0.303. The zero-order chi connectivity index (χ0) is 13.6. The summed E-state index contributed by atoms with van der Waals surface area (Å²) in [6.07, 6.45) is 0.607. The Morgan fingerprint density at radius 3 is 1.68 bits per heavy atom. The summed E-state index contributed by atoms with van der Waals surface area (Å²) in [4.78, 5) is 23.3. The van der Waals surface area contributed by atoms with Gasteiger partial charge in [0.2, 0.25) is 11.8 Å². The maximum atomic E-state index is 11.6. The fourth-order valence-electron chi connectivity index (χ4n) is 2.85. The van der Waals surface area contributed by atoms with Crippen LogP contribution in [0.2, 0.25) is 0 Å². The maximum Gasteiger partial charge on any atom is 0.233 e. The van der Waals surface area contributed by atoms with Crippen LogP contribution in [0.3, 0.4) is 0 Å². The molecule has 4 nitrogen and oxygen atoms in total. The van der Waals surface area contributed by atoms with Crippen LogP contribution in [0.4, 0.5) is 0 Å². The summed E-state index contributed by atoms with van der Waals surface area (Å²) in [5.41, 5.74) is 11.5. The fourth-order valence-corrected chi connectivity index (χ4v) is 2.85. The van der Waals surface area contributed by atoms with E-state index in [1.165, 1.54) is 0 Å². The van der Waals surface area contributed by atoms with Crippen molar-refractivity contribution in [2.75, 3.05) is 0 Å². The first-order valence-corrected chi connectivity index (χ1v) is 6.13. The molecule has 0 bridgehead atoms. The average Bonchev–Trinajstić information content (AvgIpc) is 2.75. The lowest BCUT2D eigenvalue weighted by molar-refractivity contribution is -0.139. The van der Waals surface area contributed by atoms with Gasteiger partial charge in [-0.25, -0.2) is 0 Å². The highest BCUT2D eigenvalue weighted by Crippen LogP contribution is 2.38. The van der Waals surface area contributed by atoms with Crippen LogP contribution in [0, 0.1) is 5.41 Å². The monoisotopic (exact) mass is 254 g/mol. The largest absolute Gasteiger partial charge is 0.369 e. The Morgan fingerprint density at radius 1 is 0.895 bits per heavy atom. The predicted octanol–water partition coefficient (Wildman–Crippen LogP) is 0.895. The lowest BCUT2D eigenvalue weighted by Gasteiger charge is -2.20. The summed E-state index contributed by atoms with van der Waals surface area (Å²) in [5, 5.41) is 2.18. The lowest BCUT2D eigenvalue weighted by Crippen LogP contribution is -2.48. The summed E-state index contributed by atoms with van der Waals surface area (Å²) in [5.74, 6) is -1.28. The topological polar surface area (TPSA) is 86.2 Å². The standard InChI is InChI=1S/C15H14N2O2/c16-13(18)15(14(17)19)7-11-5-9-3-1-2-4-10(9)6-12(11)8-15/h1-6H,7-8H2,(H2,16,18)(H2,17,19). The van der Waals surface area contributed by atoms with Crippen molar-refractivity contribution < 1.29 is 9.59 Å². The first kappa shape index (κ1) is 11.7. The van der Waals surface area contributed by atoms with Crippen molar-refractivity contribution >= 4 is 22.6 Å². The minimum atomic E-state index is -1.26. The van der Waals surface area contributed by atoms with Crippen molar-refractivity contribution in [3.8, 4) is 0 Å². The van der Waals surface area contributed by atoms with Crippen LogP contribution < -0.4 is 11.5 Å². The number of hydrogen-bond acceptors (Lipinski definition) is 2. The molecule has 0 aliphatic heterocycles. The van der Waals surface area contributed by atoms with E-state index in [1.807, 2.05) is 36.4 Å². The van der Waals surface area contributed by atoms with Crippen LogP contribution in [-0.4, -0.2) is 11.8 Å².